The summed E-state index contributed by atoms with van der Waals surface area (Å²) in [6.07, 6.45) is 40.4. The van der Waals surface area contributed by atoms with Crippen molar-refractivity contribution in [2.75, 3.05) is 4.90 Å². The molecule has 2 heteroatoms. The van der Waals surface area contributed by atoms with Gasteiger partial charge in [0.2, 0.25) is 0 Å². The molecule has 0 heterocycles. The van der Waals surface area contributed by atoms with Gasteiger partial charge in [0.05, 0.1) is 0 Å². The van der Waals surface area contributed by atoms with Crippen molar-refractivity contribution in [3.05, 3.63) is 307 Å². The third-order valence-corrected chi connectivity index (χ3v) is 14.2. The van der Waals surface area contributed by atoms with E-state index in [2.05, 4.69) is 283 Å². The van der Waals surface area contributed by atoms with Gasteiger partial charge in [0, 0.05) is 51.9 Å². The number of fused-ring (bicyclic) bond motifs is 1. The Morgan fingerprint density at radius 2 is 1.04 bits per heavy atom. The predicted molar refractivity (Wildman–Crippen MR) is 296 cm³/mol. The molecule has 6 aromatic rings. The molecule has 340 valence electrons. The average Bonchev–Trinajstić information content (AvgIpc) is 3.44. The Labute approximate surface area is 415 Å². The normalized spacial score (nSPS) is 18.9. The zero-order valence-electron chi connectivity index (χ0n) is 39.6. The lowest BCUT2D eigenvalue weighted by molar-refractivity contribution is 0.500. The first kappa shape index (κ1) is 44.3. The van der Waals surface area contributed by atoms with E-state index < -0.39 is 0 Å². The number of rotatable bonds is 11. The van der Waals surface area contributed by atoms with Gasteiger partial charge in [0.25, 0.3) is 0 Å². The van der Waals surface area contributed by atoms with Gasteiger partial charge in [0.1, 0.15) is 0 Å². The summed E-state index contributed by atoms with van der Waals surface area (Å²) in [4.78, 5) is 4.90. The monoisotopic (exact) mass is 902 g/mol. The molecule has 0 bridgehead atoms. The first-order chi connectivity index (χ1) is 34.7. The van der Waals surface area contributed by atoms with Crippen molar-refractivity contribution in [2.45, 2.75) is 38.0 Å². The molecule has 0 saturated heterocycles. The second kappa shape index (κ2) is 21.0. The lowest BCUT2D eigenvalue weighted by Crippen LogP contribution is -2.25. The molecule has 70 heavy (non-hydrogen) atoms. The molecule has 0 amide bonds. The number of allylic oxidation sites excluding steroid dienone is 18. The number of hydrogen-bond acceptors (Lipinski definition) is 2. The largest absolute Gasteiger partial charge is 0.315 e. The van der Waals surface area contributed by atoms with Gasteiger partial charge in [-0.2, -0.15) is 0 Å². The van der Waals surface area contributed by atoms with Crippen molar-refractivity contribution < 1.29 is 0 Å². The van der Waals surface area contributed by atoms with Crippen LogP contribution < -0.4 is 4.90 Å². The van der Waals surface area contributed by atoms with Crippen LogP contribution in [0.1, 0.15) is 43.6 Å². The van der Waals surface area contributed by atoms with Crippen LogP contribution in [-0.4, -0.2) is 4.90 Å². The van der Waals surface area contributed by atoms with Crippen LogP contribution >= 0.6 is 0 Å². The molecule has 5 aliphatic rings. The first-order valence-corrected chi connectivity index (χ1v) is 25.0. The minimum absolute atomic E-state index is 0.257. The lowest BCUT2D eigenvalue weighted by atomic mass is 9.83. The second-order valence-corrected chi connectivity index (χ2v) is 18.6. The van der Waals surface area contributed by atoms with Gasteiger partial charge in [-0.1, -0.05) is 219 Å². The van der Waals surface area contributed by atoms with Crippen LogP contribution in [0.4, 0.5) is 17.1 Å². The van der Waals surface area contributed by atoms with Crippen LogP contribution in [0.25, 0.3) is 33.4 Å². The SMILES string of the molecule is C1=CCCC(C2=CC=C(N(C3=CCC(c4cccc(-c5ccc(N(c6ccccccccc6)c6ccc(-c7ccccc7)cc6)cc5-c5ccccc5)c4)C=C3)C3=CC4C=CC=CC4C=C3)CC2)=C1. The van der Waals surface area contributed by atoms with Gasteiger partial charge in [-0.15, -0.1) is 0 Å². The van der Waals surface area contributed by atoms with Crippen molar-refractivity contribution in [1.82, 2.24) is 4.90 Å². The third kappa shape index (κ3) is 9.86. The number of nitrogens with zero attached hydrogens (tertiary/aromatic N) is 2. The summed E-state index contributed by atoms with van der Waals surface area (Å²) >= 11 is 0. The van der Waals surface area contributed by atoms with Crippen molar-refractivity contribution in [3.8, 4) is 33.4 Å². The van der Waals surface area contributed by atoms with Crippen LogP contribution in [0.3, 0.4) is 0 Å². The Balaban J connectivity index is 0.927. The molecule has 0 N–H and O–H groups in total. The van der Waals surface area contributed by atoms with Gasteiger partial charge >= 0.3 is 0 Å². The molecule has 0 fully saturated rings. The fourth-order valence-electron chi connectivity index (χ4n) is 10.5. The lowest BCUT2D eigenvalue weighted by Gasteiger charge is -2.36. The van der Waals surface area contributed by atoms with E-state index in [1.807, 2.05) is 0 Å². The molecule has 3 unspecified atom stereocenters. The minimum atomic E-state index is 0.257. The molecule has 5 aliphatic carbocycles. The van der Waals surface area contributed by atoms with Crippen molar-refractivity contribution in [1.29, 1.82) is 0 Å². The van der Waals surface area contributed by atoms with Gasteiger partial charge in [0.15, 0.2) is 0 Å². The minimum Gasteiger partial charge on any atom is -0.315 e. The molecule has 3 atom stereocenters. The summed E-state index contributed by atoms with van der Waals surface area (Å²) in [6.45, 7) is 0. The summed E-state index contributed by atoms with van der Waals surface area (Å²) < 4.78 is 0. The van der Waals surface area contributed by atoms with Crippen LogP contribution in [0.15, 0.2) is 301 Å². The highest BCUT2D eigenvalue weighted by Crippen LogP contribution is 2.43. The van der Waals surface area contributed by atoms with E-state index >= 15 is 0 Å². The predicted octanol–water partition coefficient (Wildman–Crippen LogP) is 18.2. The van der Waals surface area contributed by atoms with Crippen molar-refractivity contribution in [2.24, 2.45) is 11.8 Å². The highest BCUT2D eigenvalue weighted by molar-refractivity contribution is 5.89. The summed E-state index contributed by atoms with van der Waals surface area (Å²) in [5.74, 6) is 1.04. The van der Waals surface area contributed by atoms with E-state index in [9.17, 15) is 0 Å². The third-order valence-electron chi connectivity index (χ3n) is 14.2. The fourth-order valence-corrected chi connectivity index (χ4v) is 10.5. The Kier molecular flexibility index (Phi) is 13.3. The van der Waals surface area contributed by atoms with E-state index in [0.29, 0.717) is 11.8 Å². The molecule has 0 aliphatic heterocycles. The van der Waals surface area contributed by atoms with E-state index in [1.54, 1.807) is 0 Å². The number of hydrogen-bond donors (Lipinski definition) is 0. The van der Waals surface area contributed by atoms with Crippen molar-refractivity contribution >= 4 is 17.1 Å². The van der Waals surface area contributed by atoms with Gasteiger partial charge < -0.3 is 9.80 Å². The summed E-state index contributed by atoms with van der Waals surface area (Å²) in [6, 6.07) is 65.6. The standard InChI is InChI=1S/C68H58N2/c1-2-4-15-30-61(31-16-5-3-1)69(62-39-32-54(33-40-62)51-20-9-6-10-21-51)66-46-47-67(68(50-66)57-25-13-8-14-26-57)60-29-19-28-58(48-60)56-36-43-64(44-37-56)70(65-45-38-53-24-17-18-27-59(53)49-65)63-41-34-55(35-42-63)52-22-11-7-12-23-52/h1-11,13-22,24-34,36,38-41,43-50,53,56,59H,12,23,35,37,42H2. The number of anilines is 3. The molecule has 0 saturated carbocycles. The van der Waals surface area contributed by atoms with Gasteiger partial charge in [-0.05, 0) is 137 Å². The fraction of sp³-hybridized carbons (Fsp3) is 0.118. The summed E-state index contributed by atoms with van der Waals surface area (Å²) in [5, 5.41) is 0. The highest BCUT2D eigenvalue weighted by atomic mass is 15.2. The van der Waals surface area contributed by atoms with Gasteiger partial charge in [-0.25, -0.2) is 0 Å². The smallest absolute Gasteiger partial charge is 0.0468 e. The molecule has 6 aromatic carbocycles. The summed E-state index contributed by atoms with van der Waals surface area (Å²) in [5.41, 5.74) is 18.6. The molecular formula is C68H58N2. The summed E-state index contributed by atoms with van der Waals surface area (Å²) in [7, 11) is 0. The molecule has 11 rings (SSSR count). The maximum Gasteiger partial charge on any atom is 0.0468 e. The van der Waals surface area contributed by atoms with Gasteiger partial charge in [-0.3, -0.25) is 0 Å². The first-order valence-electron chi connectivity index (χ1n) is 25.0. The molecule has 0 radical (unpaired) electrons. The number of benzene rings is 5. The molecule has 2 nitrogen and oxygen atoms in total. The zero-order valence-corrected chi connectivity index (χ0v) is 39.6. The Hall–Kier alpha value is -8.20. The second-order valence-electron chi connectivity index (χ2n) is 18.6. The highest BCUT2D eigenvalue weighted by Gasteiger charge is 2.27. The van der Waals surface area contributed by atoms with Crippen LogP contribution in [0.5, 0.6) is 0 Å². The maximum atomic E-state index is 2.54. The van der Waals surface area contributed by atoms with Crippen molar-refractivity contribution in [3.63, 3.8) is 0 Å². The molecular weight excluding hydrogens is 845 g/mol. The average molecular weight is 903 g/mol. The Morgan fingerprint density at radius 1 is 0.400 bits per heavy atom. The quantitative estimate of drug-likeness (QED) is 0.128. The van der Waals surface area contributed by atoms with E-state index in [1.165, 1.54) is 67.2 Å². The Bertz CT molecular complexity index is 3210. The topological polar surface area (TPSA) is 6.48 Å². The van der Waals surface area contributed by atoms with Crippen LogP contribution in [-0.2, 0) is 0 Å². The van der Waals surface area contributed by atoms with E-state index in [4.69, 9.17) is 0 Å². The Morgan fingerprint density at radius 3 is 1.76 bits per heavy atom. The van der Waals surface area contributed by atoms with Crippen LogP contribution in [0, 0.1) is 11.8 Å². The van der Waals surface area contributed by atoms with Crippen LogP contribution in [0.2, 0.25) is 0 Å². The van der Waals surface area contributed by atoms with E-state index in [-0.39, 0.29) is 5.92 Å². The molecule has 0 spiro atoms. The molecule has 0 aromatic heterocycles. The zero-order chi connectivity index (χ0) is 46.9. The van der Waals surface area contributed by atoms with E-state index in [0.717, 1.165) is 49.2 Å². The maximum absolute atomic E-state index is 2.54.